The maximum absolute atomic E-state index is 12.5. The molecule has 1 radical (unpaired) electrons. The number of carbonyl (C=O) groups excluding carboxylic acids is 1. The van der Waals surface area contributed by atoms with Gasteiger partial charge in [-0.1, -0.05) is 12.1 Å². The van der Waals surface area contributed by atoms with Crippen LogP contribution in [0, 0.1) is 0 Å². The van der Waals surface area contributed by atoms with Crippen molar-refractivity contribution >= 4 is 51.6 Å². The summed E-state index contributed by atoms with van der Waals surface area (Å²) in [5, 5.41) is 0. The number of benzene rings is 1. The van der Waals surface area contributed by atoms with Gasteiger partial charge < -0.3 is 14.2 Å². The Balaban J connectivity index is 0.00000420. The molecule has 1 heterocycles. The van der Waals surface area contributed by atoms with Crippen LogP contribution in [0.15, 0.2) is 29.2 Å². The number of hydrogen-bond donors (Lipinski definition) is 1. The van der Waals surface area contributed by atoms with Gasteiger partial charge in [0.15, 0.2) is 0 Å². The number of carbonyl (C=O) groups is 1. The van der Waals surface area contributed by atoms with E-state index in [1.54, 1.807) is 4.72 Å². The Morgan fingerprint density at radius 1 is 1.10 bits per heavy atom. The third-order valence-electron chi connectivity index (χ3n) is 3.13. The Hall–Kier alpha value is -2.29. The molecule has 153 valence electrons. The Morgan fingerprint density at radius 3 is 2.17 bits per heavy atom. The van der Waals surface area contributed by atoms with Gasteiger partial charge in [0.2, 0.25) is 5.95 Å². The van der Waals surface area contributed by atoms with E-state index in [-0.39, 0.29) is 47.5 Å². The molecular formula is C14H15F2N5NaO6S. The van der Waals surface area contributed by atoms with Gasteiger partial charge in [-0.25, -0.2) is 17.9 Å². The zero-order chi connectivity index (χ0) is 20.9. The minimum absolute atomic E-state index is 0. The van der Waals surface area contributed by atoms with Gasteiger partial charge in [0.1, 0.15) is 10.6 Å². The zero-order valence-corrected chi connectivity index (χ0v) is 18.6. The van der Waals surface area contributed by atoms with E-state index in [0.717, 1.165) is 17.0 Å². The average molecular weight is 442 g/mol. The first kappa shape index (κ1) is 24.7. The first-order valence-electron chi connectivity index (χ1n) is 7.36. The molecule has 0 bridgehead atoms. The molecule has 0 aliphatic heterocycles. The second-order valence-corrected chi connectivity index (χ2v) is 6.55. The molecule has 0 saturated carbocycles. The number of anilines is 1. The van der Waals surface area contributed by atoms with Gasteiger partial charge in [-0.3, -0.25) is 4.90 Å². The van der Waals surface area contributed by atoms with Crippen LogP contribution in [0.1, 0.15) is 0 Å². The van der Waals surface area contributed by atoms with Crippen molar-refractivity contribution in [1.29, 1.82) is 0 Å². The van der Waals surface area contributed by atoms with Gasteiger partial charge in [-0.2, -0.15) is 18.7 Å². The van der Waals surface area contributed by atoms with Gasteiger partial charge in [-0.05, 0) is 12.1 Å². The van der Waals surface area contributed by atoms with E-state index in [1.165, 1.54) is 33.4 Å². The van der Waals surface area contributed by atoms with Crippen molar-refractivity contribution in [3.8, 4) is 17.8 Å². The molecule has 0 unspecified atom stereocenters. The number of nitrogens with one attached hydrogen (secondary N) is 1. The van der Waals surface area contributed by atoms with Crippen LogP contribution in [-0.2, 0) is 10.0 Å². The first-order chi connectivity index (χ1) is 13.2. The van der Waals surface area contributed by atoms with Crippen molar-refractivity contribution in [3.63, 3.8) is 0 Å². The van der Waals surface area contributed by atoms with Crippen LogP contribution in [0.4, 0.5) is 19.5 Å². The van der Waals surface area contributed by atoms with Crippen molar-refractivity contribution in [3.05, 3.63) is 24.3 Å². The Kier molecular flexibility index (Phi) is 8.94. The number of para-hydroxylation sites is 1. The van der Waals surface area contributed by atoms with E-state index in [2.05, 4.69) is 19.7 Å². The molecule has 11 nitrogen and oxygen atoms in total. The summed E-state index contributed by atoms with van der Waals surface area (Å²) in [5.41, 5.74) is 0. The van der Waals surface area contributed by atoms with Gasteiger partial charge in [0.25, 0.3) is 10.0 Å². The van der Waals surface area contributed by atoms with Crippen molar-refractivity contribution in [2.24, 2.45) is 0 Å². The number of aromatic nitrogens is 3. The smallest absolute Gasteiger partial charge is 0.387 e. The normalized spacial score (nSPS) is 10.7. The van der Waals surface area contributed by atoms with Crippen molar-refractivity contribution in [1.82, 2.24) is 19.7 Å². The summed E-state index contributed by atoms with van der Waals surface area (Å²) in [6.45, 7) is -3.25. The number of sulfonamides is 1. The van der Waals surface area contributed by atoms with Crippen LogP contribution < -0.4 is 23.8 Å². The monoisotopic (exact) mass is 442 g/mol. The molecule has 2 aromatic rings. The van der Waals surface area contributed by atoms with E-state index < -0.39 is 33.3 Å². The van der Waals surface area contributed by atoms with Gasteiger partial charge in [-0.15, -0.1) is 4.98 Å². The molecule has 0 fully saturated rings. The third-order valence-corrected chi connectivity index (χ3v) is 4.49. The maximum atomic E-state index is 12.5. The molecule has 29 heavy (non-hydrogen) atoms. The number of alkyl halides is 2. The minimum atomic E-state index is -4.55. The standard InChI is InChI=1S/C14H15F2N5O6S.Na/c1-21(11-17-12(25-2)19-13(18-11)26-3)14(22)20-28(23,24)9-7-5-4-6-8(9)27-10(15)16;/h4-7,10H,1-3H3,(H,20,22);. The summed E-state index contributed by atoms with van der Waals surface area (Å²) < 4.78 is 65.4. The van der Waals surface area contributed by atoms with Gasteiger partial charge in [0, 0.05) is 36.6 Å². The summed E-state index contributed by atoms with van der Waals surface area (Å²) in [6.07, 6.45) is 0. The van der Waals surface area contributed by atoms with Crippen molar-refractivity contribution < 1.29 is 36.2 Å². The van der Waals surface area contributed by atoms with Gasteiger partial charge in [0.05, 0.1) is 14.2 Å². The molecule has 0 saturated heterocycles. The molecule has 1 N–H and O–H groups in total. The summed E-state index contributed by atoms with van der Waals surface area (Å²) in [4.78, 5) is 23.8. The van der Waals surface area contributed by atoms with Crippen LogP contribution in [0.3, 0.4) is 0 Å². The van der Waals surface area contributed by atoms with Crippen LogP contribution in [0.2, 0.25) is 0 Å². The Morgan fingerprint density at radius 2 is 1.66 bits per heavy atom. The number of hydrogen-bond acceptors (Lipinski definition) is 9. The first-order valence-corrected chi connectivity index (χ1v) is 8.84. The molecule has 0 spiro atoms. The fourth-order valence-corrected chi connectivity index (χ4v) is 2.97. The molecular weight excluding hydrogens is 427 g/mol. The number of rotatable bonds is 7. The van der Waals surface area contributed by atoms with Crippen LogP contribution in [0.25, 0.3) is 0 Å². The number of ether oxygens (including phenoxy) is 3. The zero-order valence-electron chi connectivity index (χ0n) is 15.8. The van der Waals surface area contributed by atoms with E-state index in [1.807, 2.05) is 0 Å². The predicted molar refractivity (Wildman–Crippen MR) is 95.9 cm³/mol. The van der Waals surface area contributed by atoms with E-state index in [9.17, 15) is 22.0 Å². The van der Waals surface area contributed by atoms with Crippen molar-refractivity contribution in [2.45, 2.75) is 11.5 Å². The van der Waals surface area contributed by atoms with Crippen LogP contribution >= 0.6 is 0 Å². The van der Waals surface area contributed by atoms with E-state index in [4.69, 9.17) is 9.47 Å². The third kappa shape index (κ3) is 6.35. The largest absolute Gasteiger partial charge is 0.467 e. The number of amides is 2. The predicted octanol–water partition coefficient (Wildman–Crippen LogP) is 0.644. The summed E-state index contributed by atoms with van der Waals surface area (Å²) in [6, 6.07) is 3.07. The molecule has 0 aliphatic rings. The SMILES string of the molecule is COc1nc(OC)nc(N(C)C(=O)NS(=O)(=O)c2ccccc2OC(F)F)n1.[Na]. The van der Waals surface area contributed by atoms with Crippen LogP contribution in [0.5, 0.6) is 17.8 Å². The fourth-order valence-electron chi connectivity index (χ4n) is 1.86. The maximum Gasteiger partial charge on any atom is 0.387 e. The van der Waals surface area contributed by atoms with Crippen molar-refractivity contribution in [2.75, 3.05) is 26.2 Å². The summed E-state index contributed by atoms with van der Waals surface area (Å²) in [5.74, 6) is -0.905. The second-order valence-electron chi connectivity index (χ2n) is 4.90. The van der Waals surface area contributed by atoms with Gasteiger partial charge >= 0.3 is 24.7 Å². The second kappa shape index (κ2) is 10.5. The molecule has 0 atom stereocenters. The number of urea groups is 1. The summed E-state index contributed by atoms with van der Waals surface area (Å²) >= 11 is 0. The topological polar surface area (TPSA) is 133 Å². The van der Waals surface area contributed by atoms with E-state index >= 15 is 0 Å². The number of nitrogens with zero attached hydrogens (tertiary/aromatic N) is 4. The minimum Gasteiger partial charge on any atom is -0.467 e. The van der Waals surface area contributed by atoms with Crippen LogP contribution in [-0.4, -0.2) is 86.8 Å². The molecule has 1 aromatic carbocycles. The number of halogens is 2. The number of methoxy groups -OCH3 is 2. The molecule has 2 rings (SSSR count). The molecule has 2 amide bonds. The molecule has 0 aliphatic carbocycles. The molecule has 15 heteroatoms. The summed E-state index contributed by atoms with van der Waals surface area (Å²) in [7, 11) is -0.852. The van der Waals surface area contributed by atoms with E-state index in [0.29, 0.717) is 0 Å². The molecule has 1 aromatic heterocycles. The quantitative estimate of drug-likeness (QED) is 0.614. The average Bonchev–Trinajstić information content (AvgIpc) is 2.66. The fraction of sp³-hybridized carbons (Fsp3) is 0.286. The Labute approximate surface area is 186 Å². The Bertz CT molecular complexity index is 943.